The van der Waals surface area contributed by atoms with Crippen LogP contribution in [0.5, 0.6) is 0 Å². The average molecular weight is 235 g/mol. The van der Waals surface area contributed by atoms with E-state index in [1.165, 1.54) is 37.1 Å². The number of rotatable bonds is 3. The van der Waals surface area contributed by atoms with Gasteiger partial charge in [0.1, 0.15) is 0 Å². The van der Waals surface area contributed by atoms with Gasteiger partial charge in [0.05, 0.1) is 6.54 Å². The van der Waals surface area contributed by atoms with E-state index in [0.29, 0.717) is 0 Å². The molecule has 2 aliphatic rings. The van der Waals surface area contributed by atoms with Crippen LogP contribution in [0, 0.1) is 6.92 Å². The second kappa shape index (κ2) is 4.46. The summed E-state index contributed by atoms with van der Waals surface area (Å²) >= 11 is 0. The molecular formula is C14H21NO2. The van der Waals surface area contributed by atoms with Crippen LogP contribution in [0.4, 0.5) is 0 Å². The minimum atomic E-state index is -0.0451. The fourth-order valence-electron chi connectivity index (χ4n) is 3.09. The molecule has 3 rings (SSSR count). The van der Waals surface area contributed by atoms with Gasteiger partial charge >= 0.3 is 0 Å². The molecule has 1 aliphatic heterocycles. The molecule has 1 saturated heterocycles. The third-order valence-corrected chi connectivity index (χ3v) is 4.02. The van der Waals surface area contributed by atoms with E-state index in [0.717, 1.165) is 12.5 Å². The van der Waals surface area contributed by atoms with Gasteiger partial charge in [-0.3, -0.25) is 0 Å². The number of nitrogens with zero attached hydrogens (tertiary/aromatic N) is 1. The number of aryl methyl sites for hydroxylation is 1. The van der Waals surface area contributed by atoms with Crippen LogP contribution in [0.15, 0.2) is 12.1 Å². The molecule has 2 heterocycles. The van der Waals surface area contributed by atoms with Gasteiger partial charge in [0.2, 0.25) is 0 Å². The van der Waals surface area contributed by atoms with E-state index in [2.05, 4.69) is 23.6 Å². The molecule has 0 N–H and O–H groups in total. The van der Waals surface area contributed by atoms with Crippen LogP contribution in [0.2, 0.25) is 0 Å². The quantitative estimate of drug-likeness (QED) is 0.803. The van der Waals surface area contributed by atoms with Crippen molar-refractivity contribution in [1.29, 1.82) is 0 Å². The summed E-state index contributed by atoms with van der Waals surface area (Å²) in [5.74, 6) is 0.751. The third kappa shape index (κ3) is 2.14. The van der Waals surface area contributed by atoms with Crippen LogP contribution in [-0.4, -0.2) is 17.1 Å². The predicted molar refractivity (Wildman–Crippen MR) is 65.8 cm³/mol. The molecule has 2 fully saturated rings. The Morgan fingerprint density at radius 3 is 2.59 bits per heavy atom. The van der Waals surface area contributed by atoms with E-state index < -0.39 is 0 Å². The largest absolute Gasteiger partial charge is 0.344 e. The highest BCUT2D eigenvalue weighted by atomic mass is 16.9. The molecule has 0 radical (unpaired) electrons. The van der Waals surface area contributed by atoms with E-state index in [4.69, 9.17) is 9.47 Å². The number of ether oxygens (including phenoxy) is 2. The van der Waals surface area contributed by atoms with E-state index in [9.17, 15) is 0 Å². The van der Waals surface area contributed by atoms with Crippen molar-refractivity contribution < 1.29 is 9.47 Å². The van der Waals surface area contributed by atoms with Gasteiger partial charge in [-0.1, -0.05) is 12.8 Å². The number of hydrogen-bond acceptors (Lipinski definition) is 2. The minimum Gasteiger partial charge on any atom is -0.344 e. The topological polar surface area (TPSA) is 23.4 Å². The lowest BCUT2D eigenvalue weighted by atomic mass is 10.0. The fraction of sp³-hybridized carbons (Fsp3) is 0.714. The molecule has 0 amide bonds. The Labute approximate surface area is 103 Å². The lowest BCUT2D eigenvalue weighted by Gasteiger charge is -2.35. The van der Waals surface area contributed by atoms with Crippen LogP contribution in [0.1, 0.15) is 49.9 Å². The Balaban J connectivity index is 1.75. The molecule has 0 unspecified atom stereocenters. The molecule has 0 aromatic carbocycles. The van der Waals surface area contributed by atoms with Crippen molar-refractivity contribution in [3.8, 4) is 0 Å². The van der Waals surface area contributed by atoms with Crippen LogP contribution in [0.3, 0.4) is 0 Å². The first-order valence-electron chi connectivity index (χ1n) is 6.71. The van der Waals surface area contributed by atoms with Gasteiger partial charge in [0, 0.05) is 11.4 Å². The van der Waals surface area contributed by atoms with E-state index in [1.807, 2.05) is 6.92 Å². The molecule has 0 bridgehead atoms. The van der Waals surface area contributed by atoms with Crippen LogP contribution in [0.25, 0.3) is 0 Å². The summed E-state index contributed by atoms with van der Waals surface area (Å²) in [5.41, 5.74) is 2.80. The molecule has 0 spiro atoms. The molecular weight excluding hydrogens is 214 g/mol. The maximum absolute atomic E-state index is 5.54. The second-order valence-corrected chi connectivity index (χ2v) is 5.26. The van der Waals surface area contributed by atoms with Gasteiger partial charge in [-0.25, -0.2) is 0 Å². The first-order chi connectivity index (χ1) is 8.24. The highest BCUT2D eigenvalue weighted by Gasteiger charge is 2.29. The van der Waals surface area contributed by atoms with E-state index in [-0.39, 0.29) is 12.6 Å². The Hall–Kier alpha value is -0.800. The summed E-state index contributed by atoms with van der Waals surface area (Å²) < 4.78 is 13.5. The molecule has 94 valence electrons. The predicted octanol–water partition coefficient (Wildman–Crippen LogP) is 3.17. The highest BCUT2D eigenvalue weighted by Crippen LogP contribution is 2.35. The minimum absolute atomic E-state index is 0.0224. The Morgan fingerprint density at radius 1 is 1.24 bits per heavy atom. The van der Waals surface area contributed by atoms with Crippen molar-refractivity contribution in [1.82, 2.24) is 4.57 Å². The summed E-state index contributed by atoms with van der Waals surface area (Å²) in [6.07, 6.45) is 5.37. The van der Waals surface area contributed by atoms with Gasteiger partial charge < -0.3 is 14.0 Å². The molecule has 1 saturated carbocycles. The normalized spacial score (nSPS) is 29.5. The first-order valence-corrected chi connectivity index (χ1v) is 6.71. The number of hydrogen-bond donors (Lipinski definition) is 0. The zero-order valence-corrected chi connectivity index (χ0v) is 10.7. The zero-order valence-electron chi connectivity index (χ0n) is 10.7. The molecule has 1 aliphatic carbocycles. The molecule has 0 atom stereocenters. The standard InChI is InChI=1S/C14H21NO2/c1-10-7-8-13(12-5-3-4-6-12)15(10)9-14-16-11(2)17-14/h7-8,11-12,14H,3-6,9H2,1-2H3. The Morgan fingerprint density at radius 2 is 1.94 bits per heavy atom. The van der Waals surface area contributed by atoms with Crippen LogP contribution in [-0.2, 0) is 16.0 Å². The maximum Gasteiger partial charge on any atom is 0.181 e. The average Bonchev–Trinajstić information content (AvgIpc) is 2.87. The van der Waals surface area contributed by atoms with Crippen molar-refractivity contribution >= 4 is 0 Å². The van der Waals surface area contributed by atoms with Crippen molar-refractivity contribution in [2.24, 2.45) is 0 Å². The summed E-state index contributed by atoms with van der Waals surface area (Å²) in [4.78, 5) is 0. The SMILES string of the molecule is Cc1ccc(C2CCCC2)n1CC1OC(C)O1. The van der Waals surface area contributed by atoms with Crippen molar-refractivity contribution in [3.63, 3.8) is 0 Å². The summed E-state index contributed by atoms with van der Waals surface area (Å²) in [6, 6.07) is 4.50. The lowest BCUT2D eigenvalue weighted by Crippen LogP contribution is -2.42. The van der Waals surface area contributed by atoms with Crippen LogP contribution < -0.4 is 0 Å². The molecule has 17 heavy (non-hydrogen) atoms. The van der Waals surface area contributed by atoms with Gasteiger partial charge in [-0.05, 0) is 44.7 Å². The summed E-state index contributed by atoms with van der Waals surface area (Å²) in [7, 11) is 0. The van der Waals surface area contributed by atoms with Gasteiger partial charge in [0.15, 0.2) is 12.6 Å². The maximum atomic E-state index is 5.54. The Bertz CT molecular complexity index is 387. The van der Waals surface area contributed by atoms with E-state index in [1.54, 1.807) is 0 Å². The van der Waals surface area contributed by atoms with Crippen LogP contribution >= 0.6 is 0 Å². The molecule has 3 heteroatoms. The molecule has 1 aromatic rings. The number of aromatic nitrogens is 1. The van der Waals surface area contributed by atoms with Gasteiger partial charge in [0.25, 0.3) is 0 Å². The second-order valence-electron chi connectivity index (χ2n) is 5.26. The smallest absolute Gasteiger partial charge is 0.181 e. The highest BCUT2D eigenvalue weighted by molar-refractivity contribution is 5.20. The molecule has 1 aromatic heterocycles. The summed E-state index contributed by atoms with van der Waals surface area (Å²) in [6.45, 7) is 4.95. The Kier molecular flexibility index (Phi) is 2.97. The summed E-state index contributed by atoms with van der Waals surface area (Å²) in [5, 5.41) is 0. The van der Waals surface area contributed by atoms with Gasteiger partial charge in [-0.2, -0.15) is 0 Å². The first kappa shape index (κ1) is 11.3. The van der Waals surface area contributed by atoms with Crippen molar-refractivity contribution in [3.05, 3.63) is 23.5 Å². The van der Waals surface area contributed by atoms with E-state index >= 15 is 0 Å². The zero-order chi connectivity index (χ0) is 11.8. The molecule has 3 nitrogen and oxygen atoms in total. The monoisotopic (exact) mass is 235 g/mol. The fourth-order valence-corrected chi connectivity index (χ4v) is 3.09. The van der Waals surface area contributed by atoms with Crippen molar-refractivity contribution in [2.75, 3.05) is 0 Å². The third-order valence-electron chi connectivity index (χ3n) is 4.02. The van der Waals surface area contributed by atoms with Crippen molar-refractivity contribution in [2.45, 2.75) is 64.6 Å². The lowest BCUT2D eigenvalue weighted by molar-refractivity contribution is -0.379. The van der Waals surface area contributed by atoms with Gasteiger partial charge in [-0.15, -0.1) is 0 Å².